The summed E-state index contributed by atoms with van der Waals surface area (Å²) < 4.78 is 25.0. The van der Waals surface area contributed by atoms with Gasteiger partial charge >= 0.3 is 0 Å². The van der Waals surface area contributed by atoms with Gasteiger partial charge in [-0.2, -0.15) is 4.98 Å². The Kier molecular flexibility index (Phi) is 9.57. The smallest absolute Gasteiger partial charge is 0.248 e. The van der Waals surface area contributed by atoms with E-state index in [1.54, 1.807) is 61.7 Å². The third-order valence-corrected chi connectivity index (χ3v) is 5.68. The van der Waals surface area contributed by atoms with Crippen LogP contribution in [0.1, 0.15) is 6.42 Å². The third kappa shape index (κ3) is 8.23. The summed E-state index contributed by atoms with van der Waals surface area (Å²) in [5, 5.41) is 18.3. The van der Waals surface area contributed by atoms with Gasteiger partial charge in [0.2, 0.25) is 11.9 Å². The summed E-state index contributed by atoms with van der Waals surface area (Å²) >= 11 is 0. The van der Waals surface area contributed by atoms with Gasteiger partial charge in [0.25, 0.3) is 0 Å². The molecule has 2 aromatic carbocycles. The summed E-state index contributed by atoms with van der Waals surface area (Å²) in [5.41, 5.74) is 1.79. The lowest BCUT2D eigenvalue weighted by atomic mass is 10.2. The second kappa shape index (κ2) is 13.5. The molecule has 0 saturated carbocycles. The van der Waals surface area contributed by atoms with E-state index in [1.165, 1.54) is 6.08 Å². The van der Waals surface area contributed by atoms with Crippen LogP contribution < -0.4 is 20.7 Å². The van der Waals surface area contributed by atoms with E-state index in [1.807, 2.05) is 0 Å². The van der Waals surface area contributed by atoms with E-state index >= 15 is 0 Å². The number of amides is 1. The maximum atomic E-state index is 14.5. The number of anilines is 5. The van der Waals surface area contributed by atoms with Gasteiger partial charge < -0.3 is 30.5 Å². The number of aliphatic hydroxyl groups is 1. The van der Waals surface area contributed by atoms with E-state index in [0.717, 1.165) is 19.2 Å². The van der Waals surface area contributed by atoms with Crippen LogP contribution >= 0.6 is 0 Å². The van der Waals surface area contributed by atoms with Crippen molar-refractivity contribution in [1.82, 2.24) is 14.9 Å². The number of ether oxygens (including phenoxy) is 2. The first-order valence-corrected chi connectivity index (χ1v) is 12.2. The van der Waals surface area contributed by atoms with Gasteiger partial charge in [0.15, 0.2) is 11.6 Å². The number of hydrogen-bond donors (Lipinski definition) is 4. The van der Waals surface area contributed by atoms with Crippen LogP contribution in [0.25, 0.3) is 0 Å². The van der Waals surface area contributed by atoms with Crippen LogP contribution in [0.5, 0.6) is 5.75 Å². The molecule has 3 aromatic rings. The first-order valence-electron chi connectivity index (χ1n) is 12.2. The van der Waals surface area contributed by atoms with Crippen molar-refractivity contribution in [1.29, 1.82) is 0 Å². The van der Waals surface area contributed by atoms with Crippen molar-refractivity contribution in [3.63, 3.8) is 0 Å². The summed E-state index contributed by atoms with van der Waals surface area (Å²) in [6, 6.07) is 14.1. The summed E-state index contributed by atoms with van der Waals surface area (Å²) in [6.07, 6.45) is 4.77. The van der Waals surface area contributed by atoms with Crippen LogP contribution in [0.4, 0.5) is 33.2 Å². The van der Waals surface area contributed by atoms with E-state index in [-0.39, 0.29) is 23.8 Å². The highest BCUT2D eigenvalue weighted by atomic mass is 19.1. The number of nitrogens with one attached hydrogen (secondary N) is 3. The van der Waals surface area contributed by atoms with Gasteiger partial charge in [0, 0.05) is 49.9 Å². The zero-order chi connectivity index (χ0) is 26.7. The minimum Gasteiger partial charge on any atom is -0.491 e. The Morgan fingerprint density at radius 2 is 1.97 bits per heavy atom. The van der Waals surface area contributed by atoms with E-state index in [0.29, 0.717) is 49.1 Å². The van der Waals surface area contributed by atoms with Crippen molar-refractivity contribution in [2.24, 2.45) is 0 Å². The van der Waals surface area contributed by atoms with Crippen LogP contribution in [0.15, 0.2) is 66.9 Å². The quantitative estimate of drug-likeness (QED) is 0.208. The normalized spacial score (nSPS) is 15.5. The zero-order valence-corrected chi connectivity index (χ0v) is 21.1. The number of carbonyl (C=O) groups excluding carboxylic acids is 1. The number of halogens is 1. The summed E-state index contributed by atoms with van der Waals surface area (Å²) in [5.74, 6) is -0.0114. The van der Waals surface area contributed by atoms with Crippen molar-refractivity contribution in [3.05, 3.63) is 72.7 Å². The number of β-amino-alcohol motifs (C(OH)–C–C–N with tert-alkyl or cyclic N) is 1. The topological polar surface area (TPSA) is 121 Å². The number of nitrogens with zero attached hydrogens (tertiary/aromatic N) is 3. The van der Waals surface area contributed by atoms with Gasteiger partial charge in [-0.1, -0.05) is 12.1 Å². The molecule has 38 heavy (non-hydrogen) atoms. The third-order valence-electron chi connectivity index (χ3n) is 5.68. The number of benzene rings is 2. The van der Waals surface area contributed by atoms with Crippen LogP contribution in [-0.4, -0.2) is 71.9 Å². The van der Waals surface area contributed by atoms with Crippen molar-refractivity contribution in [2.75, 3.05) is 55.9 Å². The summed E-state index contributed by atoms with van der Waals surface area (Å²) in [7, 11) is 1.61. The highest BCUT2D eigenvalue weighted by molar-refractivity contribution is 5.99. The molecule has 0 spiro atoms. The second-order valence-electron chi connectivity index (χ2n) is 8.68. The summed E-state index contributed by atoms with van der Waals surface area (Å²) in [4.78, 5) is 22.6. The molecular formula is C27H31FN6O4. The standard InChI is InChI=1S/C27H31FN6O4/c1-37-14-15-38-23-9-7-19(8-10-23)32-27-29-17-24(28)26(33-27)31-21-5-2-4-20(16-21)30-25(36)6-3-12-34-13-11-22(35)18-34/h2-10,16-17,22,35H,11-15,18H2,1H3,(H,30,36)(H2,29,31,32,33)/b6-3+/t22-/m1/s1. The highest BCUT2D eigenvalue weighted by Crippen LogP contribution is 2.23. The molecule has 1 fully saturated rings. The Labute approximate surface area is 220 Å². The van der Waals surface area contributed by atoms with Crippen molar-refractivity contribution in [2.45, 2.75) is 12.5 Å². The molecular weight excluding hydrogens is 491 g/mol. The molecule has 0 bridgehead atoms. The Morgan fingerprint density at radius 3 is 2.74 bits per heavy atom. The number of methoxy groups -OCH3 is 1. The Hall–Kier alpha value is -4.06. The van der Waals surface area contributed by atoms with Gasteiger partial charge in [-0.05, 0) is 48.9 Å². The first kappa shape index (κ1) is 27.0. The SMILES string of the molecule is COCCOc1ccc(Nc2ncc(F)c(Nc3cccc(NC(=O)/C=C/CN4CC[C@@H](O)C4)c3)n2)cc1. The lowest BCUT2D eigenvalue weighted by molar-refractivity contribution is -0.111. The van der Waals surface area contributed by atoms with Gasteiger partial charge in [0.1, 0.15) is 12.4 Å². The molecule has 4 rings (SSSR count). The van der Waals surface area contributed by atoms with Crippen LogP contribution in [0.2, 0.25) is 0 Å². The monoisotopic (exact) mass is 522 g/mol. The Balaban J connectivity index is 1.33. The van der Waals surface area contributed by atoms with Crippen molar-refractivity contribution < 1.29 is 23.8 Å². The first-order chi connectivity index (χ1) is 18.5. The average molecular weight is 523 g/mol. The van der Waals surface area contributed by atoms with Gasteiger partial charge in [-0.25, -0.2) is 9.37 Å². The second-order valence-corrected chi connectivity index (χ2v) is 8.68. The van der Waals surface area contributed by atoms with Crippen LogP contribution in [-0.2, 0) is 9.53 Å². The number of hydrogen-bond acceptors (Lipinski definition) is 9. The van der Waals surface area contributed by atoms with E-state index < -0.39 is 5.82 Å². The maximum Gasteiger partial charge on any atom is 0.248 e. The molecule has 1 aromatic heterocycles. The fraction of sp³-hybridized carbons (Fsp3) is 0.296. The lowest BCUT2D eigenvalue weighted by Gasteiger charge is -2.12. The fourth-order valence-corrected chi connectivity index (χ4v) is 3.80. The molecule has 1 saturated heterocycles. The molecule has 0 unspecified atom stereocenters. The Bertz CT molecular complexity index is 1240. The molecule has 200 valence electrons. The molecule has 1 amide bonds. The largest absolute Gasteiger partial charge is 0.491 e. The van der Waals surface area contributed by atoms with E-state index in [9.17, 15) is 14.3 Å². The van der Waals surface area contributed by atoms with E-state index in [4.69, 9.17) is 9.47 Å². The minimum absolute atomic E-state index is 0.0156. The molecule has 10 nitrogen and oxygen atoms in total. The summed E-state index contributed by atoms with van der Waals surface area (Å²) in [6.45, 7) is 2.98. The number of aromatic nitrogens is 2. The molecule has 1 atom stereocenters. The maximum absolute atomic E-state index is 14.5. The highest BCUT2D eigenvalue weighted by Gasteiger charge is 2.18. The molecule has 1 aliphatic rings. The van der Waals surface area contributed by atoms with Gasteiger partial charge in [-0.3, -0.25) is 9.69 Å². The predicted octanol–water partition coefficient (Wildman–Crippen LogP) is 3.69. The van der Waals surface area contributed by atoms with Crippen molar-refractivity contribution in [3.8, 4) is 5.75 Å². The lowest BCUT2D eigenvalue weighted by Crippen LogP contribution is -2.22. The van der Waals surface area contributed by atoms with Gasteiger partial charge in [-0.15, -0.1) is 0 Å². The molecule has 1 aliphatic heterocycles. The Morgan fingerprint density at radius 1 is 1.16 bits per heavy atom. The number of likely N-dealkylation sites (tertiary alicyclic amines) is 1. The van der Waals surface area contributed by atoms with Gasteiger partial charge in [0.05, 0.1) is 18.9 Å². The molecule has 11 heteroatoms. The molecule has 0 aliphatic carbocycles. The number of carbonyl (C=O) groups is 1. The average Bonchev–Trinajstić information content (AvgIpc) is 3.32. The molecule has 0 radical (unpaired) electrons. The van der Waals surface area contributed by atoms with E-state index in [2.05, 4.69) is 30.8 Å². The van der Waals surface area contributed by atoms with Crippen LogP contribution in [0.3, 0.4) is 0 Å². The van der Waals surface area contributed by atoms with Crippen molar-refractivity contribution >= 4 is 34.7 Å². The molecule has 2 heterocycles. The van der Waals surface area contributed by atoms with Crippen LogP contribution in [0, 0.1) is 5.82 Å². The predicted molar refractivity (Wildman–Crippen MR) is 144 cm³/mol. The number of aliphatic hydroxyl groups excluding tert-OH is 1. The minimum atomic E-state index is -0.623. The molecule has 4 N–H and O–H groups in total. The zero-order valence-electron chi connectivity index (χ0n) is 21.1. The number of rotatable bonds is 12. The fourth-order valence-electron chi connectivity index (χ4n) is 3.80.